The molecule has 0 aliphatic heterocycles. The number of unbranched alkanes of at least 4 members (excludes halogenated alkanes) is 2. The Morgan fingerprint density at radius 3 is 1.34 bits per heavy atom. The van der Waals surface area contributed by atoms with Crippen molar-refractivity contribution in [3.05, 3.63) is 47.5 Å². The molecule has 0 radical (unpaired) electrons. The van der Waals surface area contributed by atoms with Gasteiger partial charge in [0.25, 0.3) is 0 Å². The zero-order valence-electron chi connectivity index (χ0n) is 26.0. The first kappa shape index (κ1) is 34.0. The third kappa shape index (κ3) is 9.98. The fourth-order valence-electron chi connectivity index (χ4n) is 5.03. The Labute approximate surface area is 247 Å². The summed E-state index contributed by atoms with van der Waals surface area (Å²) in [5, 5.41) is 0. The molecule has 7 heteroatoms. The monoisotopic (exact) mass is 568 g/mol. The maximum absolute atomic E-state index is 13.1. The van der Waals surface area contributed by atoms with E-state index in [9.17, 15) is 9.59 Å². The Balaban J connectivity index is 2.40. The van der Waals surface area contributed by atoms with Crippen LogP contribution >= 0.6 is 0 Å². The van der Waals surface area contributed by atoms with Gasteiger partial charge < -0.3 is 25.7 Å². The van der Waals surface area contributed by atoms with Crippen LogP contribution in [0.15, 0.2) is 36.4 Å². The summed E-state index contributed by atoms with van der Waals surface area (Å²) in [5.41, 5.74) is 14.9. The summed E-state index contributed by atoms with van der Waals surface area (Å²) in [5.74, 6) is 0.399. The summed E-state index contributed by atoms with van der Waals surface area (Å²) in [7, 11) is 0. The molecule has 0 aliphatic carbocycles. The molecule has 2 rings (SSSR count). The van der Waals surface area contributed by atoms with Crippen LogP contribution in [0.1, 0.15) is 129 Å². The fourth-order valence-corrected chi connectivity index (χ4v) is 5.03. The van der Waals surface area contributed by atoms with E-state index in [1.807, 2.05) is 27.7 Å². The minimum atomic E-state index is -0.516. The van der Waals surface area contributed by atoms with E-state index < -0.39 is 12.2 Å². The van der Waals surface area contributed by atoms with Crippen molar-refractivity contribution in [3.63, 3.8) is 0 Å². The Morgan fingerprint density at radius 1 is 0.634 bits per heavy atom. The summed E-state index contributed by atoms with van der Waals surface area (Å²) in [6.45, 7) is 12.2. The highest BCUT2D eigenvalue weighted by atomic mass is 16.6. The third-order valence-electron chi connectivity index (χ3n) is 7.70. The topological polar surface area (TPSA) is 114 Å². The molecule has 0 fully saturated rings. The van der Waals surface area contributed by atoms with Gasteiger partial charge in [-0.3, -0.25) is 9.59 Å². The number of carbonyl (C=O) groups is 2. The van der Waals surface area contributed by atoms with Crippen molar-refractivity contribution in [2.75, 3.05) is 11.5 Å². The summed E-state index contributed by atoms with van der Waals surface area (Å²) in [6.07, 6.45) is 7.22. The van der Waals surface area contributed by atoms with Gasteiger partial charge in [-0.1, -0.05) is 67.2 Å². The van der Waals surface area contributed by atoms with E-state index in [0.29, 0.717) is 46.8 Å². The van der Waals surface area contributed by atoms with Crippen LogP contribution in [0.3, 0.4) is 0 Å². The number of rotatable bonds is 18. The summed E-state index contributed by atoms with van der Waals surface area (Å²) < 4.78 is 18.6. The molecular formula is C34H52N2O5. The molecule has 7 nitrogen and oxygen atoms in total. The zero-order valence-corrected chi connectivity index (χ0v) is 26.0. The van der Waals surface area contributed by atoms with Crippen LogP contribution in [-0.2, 0) is 19.1 Å². The minimum absolute atomic E-state index is 0.137. The first-order chi connectivity index (χ1) is 19.7. The van der Waals surface area contributed by atoms with Crippen LogP contribution in [-0.4, -0.2) is 11.9 Å². The number of nitrogen functional groups attached to an aromatic ring is 2. The second-order valence-electron chi connectivity index (χ2n) is 10.9. The average Bonchev–Trinajstić information content (AvgIpc) is 2.97. The number of nitrogens with two attached hydrogens (primary N) is 2. The van der Waals surface area contributed by atoms with Crippen molar-refractivity contribution in [2.24, 2.45) is 11.8 Å². The molecule has 228 valence electrons. The van der Waals surface area contributed by atoms with E-state index in [2.05, 4.69) is 13.8 Å². The molecule has 0 aromatic heterocycles. The lowest BCUT2D eigenvalue weighted by molar-refractivity contribution is -0.156. The molecule has 0 spiro atoms. The highest BCUT2D eigenvalue weighted by Crippen LogP contribution is 2.40. The molecule has 0 saturated carbocycles. The lowest BCUT2D eigenvalue weighted by Crippen LogP contribution is -2.21. The minimum Gasteiger partial charge on any atom is -0.457 e. The standard InChI is InChI=1S/C34H52N2O5/c1-7-13-15-23(9-3)33(37)40-29(11-5)27-21-25(35)17-19-31(27)39-32-20-18-26(36)22-28(32)30(12-6)41-34(38)24(10-4)16-14-8-2/h17-24,29-30H,7-16,35-36H2,1-6H3. The van der Waals surface area contributed by atoms with E-state index in [0.717, 1.165) is 51.4 Å². The van der Waals surface area contributed by atoms with Crippen molar-refractivity contribution < 1.29 is 23.8 Å². The quantitative estimate of drug-likeness (QED) is 0.136. The van der Waals surface area contributed by atoms with Crippen molar-refractivity contribution in [2.45, 2.75) is 118 Å². The first-order valence-electron chi connectivity index (χ1n) is 15.6. The number of hydrogen-bond donors (Lipinski definition) is 2. The van der Waals surface area contributed by atoms with E-state index in [-0.39, 0.29) is 23.8 Å². The van der Waals surface area contributed by atoms with Gasteiger partial charge in [0, 0.05) is 22.5 Å². The van der Waals surface area contributed by atoms with E-state index >= 15 is 0 Å². The molecule has 0 amide bonds. The molecule has 2 aromatic rings. The summed E-state index contributed by atoms with van der Waals surface area (Å²) in [4.78, 5) is 26.2. The summed E-state index contributed by atoms with van der Waals surface area (Å²) >= 11 is 0. The second-order valence-corrected chi connectivity index (χ2v) is 10.9. The normalized spacial score (nSPS) is 14.1. The highest BCUT2D eigenvalue weighted by molar-refractivity contribution is 5.73. The van der Waals surface area contributed by atoms with Crippen LogP contribution in [0.5, 0.6) is 11.5 Å². The first-order valence-corrected chi connectivity index (χ1v) is 15.6. The van der Waals surface area contributed by atoms with Gasteiger partial charge >= 0.3 is 11.9 Å². The maximum atomic E-state index is 13.1. The molecule has 0 saturated heterocycles. The largest absolute Gasteiger partial charge is 0.457 e. The van der Waals surface area contributed by atoms with Gasteiger partial charge in [0.05, 0.1) is 11.8 Å². The molecule has 2 aromatic carbocycles. The van der Waals surface area contributed by atoms with E-state index in [1.165, 1.54) is 0 Å². The maximum Gasteiger partial charge on any atom is 0.309 e. The van der Waals surface area contributed by atoms with Gasteiger partial charge in [0.15, 0.2) is 0 Å². The second kappa shape index (κ2) is 17.6. The fraction of sp³-hybridized carbons (Fsp3) is 0.588. The smallest absolute Gasteiger partial charge is 0.309 e. The number of carbonyl (C=O) groups excluding carboxylic acids is 2. The molecule has 0 bridgehead atoms. The Bertz CT molecular complexity index is 1020. The van der Waals surface area contributed by atoms with E-state index in [4.69, 9.17) is 25.7 Å². The number of hydrogen-bond acceptors (Lipinski definition) is 7. The highest BCUT2D eigenvalue weighted by Gasteiger charge is 2.27. The van der Waals surface area contributed by atoms with Crippen molar-refractivity contribution in [1.29, 1.82) is 0 Å². The van der Waals surface area contributed by atoms with Crippen molar-refractivity contribution in [3.8, 4) is 11.5 Å². The molecule has 41 heavy (non-hydrogen) atoms. The number of esters is 2. The van der Waals surface area contributed by atoms with Crippen LogP contribution in [0.4, 0.5) is 11.4 Å². The SMILES string of the molecule is CCCCC(CC)C(=O)OC(CC)c1cc(N)ccc1Oc1ccc(N)cc1C(CC)OC(=O)C(CC)CCCC. The van der Waals surface area contributed by atoms with Crippen LogP contribution in [0, 0.1) is 11.8 Å². The predicted octanol–water partition coefficient (Wildman–Crippen LogP) is 9.06. The predicted molar refractivity (Wildman–Crippen MR) is 167 cm³/mol. The van der Waals surface area contributed by atoms with Crippen LogP contribution < -0.4 is 16.2 Å². The Kier molecular flexibility index (Phi) is 14.6. The van der Waals surface area contributed by atoms with Crippen LogP contribution in [0.2, 0.25) is 0 Å². The number of ether oxygens (including phenoxy) is 3. The van der Waals surface area contributed by atoms with E-state index in [1.54, 1.807) is 36.4 Å². The molecule has 0 heterocycles. The Hall–Kier alpha value is -3.22. The van der Waals surface area contributed by atoms with Gasteiger partial charge in [0.2, 0.25) is 0 Å². The molecule has 4 atom stereocenters. The van der Waals surface area contributed by atoms with Crippen molar-refractivity contribution >= 4 is 23.3 Å². The Morgan fingerprint density at radius 2 is 1.02 bits per heavy atom. The lowest BCUT2D eigenvalue weighted by Gasteiger charge is -2.25. The summed E-state index contributed by atoms with van der Waals surface area (Å²) in [6, 6.07) is 10.7. The van der Waals surface area contributed by atoms with Gasteiger partial charge in [0.1, 0.15) is 23.7 Å². The van der Waals surface area contributed by atoms with Crippen molar-refractivity contribution in [1.82, 2.24) is 0 Å². The third-order valence-corrected chi connectivity index (χ3v) is 7.70. The zero-order chi connectivity index (χ0) is 30.4. The molecular weight excluding hydrogens is 516 g/mol. The molecule has 4 unspecified atom stereocenters. The van der Waals surface area contributed by atoms with Gasteiger partial charge in [-0.25, -0.2) is 0 Å². The van der Waals surface area contributed by atoms with Crippen LogP contribution in [0.25, 0.3) is 0 Å². The average molecular weight is 569 g/mol. The van der Waals surface area contributed by atoms with Gasteiger partial charge in [-0.2, -0.15) is 0 Å². The number of benzene rings is 2. The van der Waals surface area contributed by atoms with Gasteiger partial charge in [-0.05, 0) is 74.9 Å². The molecule has 4 N–H and O–H groups in total. The molecule has 0 aliphatic rings. The van der Waals surface area contributed by atoms with Gasteiger partial charge in [-0.15, -0.1) is 0 Å². The lowest BCUT2D eigenvalue weighted by atomic mass is 9.99. The number of anilines is 2.